The van der Waals surface area contributed by atoms with Gasteiger partial charge in [0.05, 0.1) is 0 Å². The Morgan fingerprint density at radius 1 is 1.25 bits per heavy atom. The van der Waals surface area contributed by atoms with E-state index >= 15 is 0 Å². The monoisotopic (exact) mass is 274 g/mol. The highest BCUT2D eigenvalue weighted by atomic mass is 16.1. The fourth-order valence-corrected chi connectivity index (χ4v) is 3.02. The lowest BCUT2D eigenvalue weighted by Gasteiger charge is -2.27. The molecule has 3 nitrogen and oxygen atoms in total. The van der Waals surface area contributed by atoms with E-state index in [1.807, 2.05) is 24.3 Å². The number of nitrogens with two attached hydrogens (primary N) is 1. The quantitative estimate of drug-likeness (QED) is 0.867. The first-order chi connectivity index (χ1) is 9.72. The molecular formula is C17H26N2O. The fraction of sp³-hybridized carbons (Fsp3) is 0.588. The lowest BCUT2D eigenvalue weighted by Crippen LogP contribution is -2.31. The topological polar surface area (TPSA) is 55.1 Å². The van der Waals surface area contributed by atoms with Gasteiger partial charge in [0.15, 0.2) is 0 Å². The Kier molecular flexibility index (Phi) is 5.60. The Labute approximate surface area is 121 Å². The summed E-state index contributed by atoms with van der Waals surface area (Å²) in [6.07, 6.45) is 6.44. The Hall–Kier alpha value is -1.35. The fourth-order valence-electron chi connectivity index (χ4n) is 3.02. The van der Waals surface area contributed by atoms with Crippen molar-refractivity contribution in [1.29, 1.82) is 0 Å². The van der Waals surface area contributed by atoms with Gasteiger partial charge >= 0.3 is 0 Å². The van der Waals surface area contributed by atoms with Crippen LogP contribution in [-0.4, -0.2) is 12.5 Å². The van der Waals surface area contributed by atoms with Crippen molar-refractivity contribution in [1.82, 2.24) is 5.32 Å². The van der Waals surface area contributed by atoms with E-state index < -0.39 is 0 Å². The van der Waals surface area contributed by atoms with Gasteiger partial charge in [-0.05, 0) is 42.4 Å². The van der Waals surface area contributed by atoms with Crippen molar-refractivity contribution in [2.75, 3.05) is 6.54 Å². The van der Waals surface area contributed by atoms with E-state index in [9.17, 15) is 4.79 Å². The van der Waals surface area contributed by atoms with Gasteiger partial charge in [-0.1, -0.05) is 38.3 Å². The second-order valence-electron chi connectivity index (χ2n) is 5.91. The summed E-state index contributed by atoms with van der Waals surface area (Å²) in [5.41, 5.74) is 7.32. The van der Waals surface area contributed by atoms with E-state index in [4.69, 9.17) is 5.73 Å². The summed E-state index contributed by atoms with van der Waals surface area (Å²) >= 11 is 0. The highest BCUT2D eigenvalue weighted by molar-refractivity contribution is 5.94. The molecule has 0 bridgehead atoms. The predicted molar refractivity (Wildman–Crippen MR) is 82.4 cm³/mol. The number of carbonyl (C=O) groups is 1. The van der Waals surface area contributed by atoms with Crippen LogP contribution in [0.2, 0.25) is 0 Å². The van der Waals surface area contributed by atoms with Gasteiger partial charge in [0.2, 0.25) is 0 Å². The summed E-state index contributed by atoms with van der Waals surface area (Å²) in [5.74, 6) is 1.58. The summed E-state index contributed by atoms with van der Waals surface area (Å²) in [7, 11) is 0. The van der Waals surface area contributed by atoms with E-state index in [1.54, 1.807) is 0 Å². The first-order valence-corrected chi connectivity index (χ1v) is 7.80. The Balaban J connectivity index is 1.80. The molecule has 0 heterocycles. The van der Waals surface area contributed by atoms with Crippen LogP contribution in [0, 0.1) is 11.8 Å². The molecule has 1 fully saturated rings. The second kappa shape index (κ2) is 7.44. The third-order valence-electron chi connectivity index (χ3n) is 4.52. The molecule has 1 aliphatic rings. The van der Waals surface area contributed by atoms with Crippen LogP contribution in [0.1, 0.15) is 54.9 Å². The third-order valence-corrected chi connectivity index (χ3v) is 4.52. The summed E-state index contributed by atoms with van der Waals surface area (Å²) in [5, 5.41) is 3.07. The van der Waals surface area contributed by atoms with E-state index in [0.29, 0.717) is 12.5 Å². The number of carbonyl (C=O) groups excluding carboxylic acids is 1. The van der Waals surface area contributed by atoms with Crippen molar-refractivity contribution in [3.63, 3.8) is 0 Å². The molecule has 0 saturated heterocycles. The van der Waals surface area contributed by atoms with Crippen LogP contribution >= 0.6 is 0 Å². The molecule has 0 aromatic heterocycles. The predicted octanol–water partition coefficient (Wildman–Crippen LogP) is 3.09. The number of benzene rings is 1. The van der Waals surface area contributed by atoms with Crippen LogP contribution in [0.3, 0.4) is 0 Å². The highest BCUT2D eigenvalue weighted by Gasteiger charge is 2.20. The van der Waals surface area contributed by atoms with Crippen molar-refractivity contribution in [2.24, 2.45) is 17.6 Å². The van der Waals surface area contributed by atoms with Gasteiger partial charge < -0.3 is 11.1 Å². The Morgan fingerprint density at radius 3 is 2.60 bits per heavy atom. The molecule has 110 valence electrons. The molecule has 20 heavy (non-hydrogen) atoms. The van der Waals surface area contributed by atoms with Gasteiger partial charge in [0.1, 0.15) is 0 Å². The average Bonchev–Trinajstić information content (AvgIpc) is 2.53. The number of rotatable bonds is 5. The molecule has 1 aliphatic carbocycles. The summed E-state index contributed by atoms with van der Waals surface area (Å²) in [6, 6.07) is 7.57. The molecule has 0 radical (unpaired) electrons. The molecule has 1 aromatic rings. The number of hydrogen-bond donors (Lipinski definition) is 2. The van der Waals surface area contributed by atoms with Crippen LogP contribution in [0.4, 0.5) is 0 Å². The van der Waals surface area contributed by atoms with Crippen molar-refractivity contribution in [2.45, 2.75) is 45.6 Å². The Bertz CT molecular complexity index is 436. The second-order valence-corrected chi connectivity index (χ2v) is 5.91. The van der Waals surface area contributed by atoms with Crippen LogP contribution in [0.15, 0.2) is 24.3 Å². The third kappa shape index (κ3) is 4.07. The van der Waals surface area contributed by atoms with Gasteiger partial charge in [-0.2, -0.15) is 0 Å². The van der Waals surface area contributed by atoms with E-state index in [1.165, 1.54) is 32.1 Å². The summed E-state index contributed by atoms with van der Waals surface area (Å²) < 4.78 is 0. The SMILES string of the molecule is CCC1CCC(CNC(=O)c2cccc(CN)c2)CC1. The van der Waals surface area contributed by atoms with Crippen LogP contribution in [0.25, 0.3) is 0 Å². The molecule has 1 aromatic carbocycles. The maximum atomic E-state index is 12.1. The number of hydrogen-bond acceptors (Lipinski definition) is 2. The van der Waals surface area contributed by atoms with Crippen molar-refractivity contribution in [3.05, 3.63) is 35.4 Å². The molecule has 3 heteroatoms. The summed E-state index contributed by atoms with van der Waals surface area (Å²) in [6.45, 7) is 3.56. The molecule has 3 N–H and O–H groups in total. The normalized spacial score (nSPS) is 22.5. The number of amides is 1. The van der Waals surface area contributed by atoms with Crippen molar-refractivity contribution < 1.29 is 4.79 Å². The maximum absolute atomic E-state index is 12.1. The molecule has 0 atom stereocenters. The van der Waals surface area contributed by atoms with Crippen LogP contribution in [-0.2, 0) is 6.54 Å². The molecule has 0 aliphatic heterocycles. The zero-order chi connectivity index (χ0) is 14.4. The van der Waals surface area contributed by atoms with Gasteiger partial charge in [0, 0.05) is 18.7 Å². The maximum Gasteiger partial charge on any atom is 0.251 e. The molecule has 0 unspecified atom stereocenters. The molecule has 1 saturated carbocycles. The zero-order valence-corrected chi connectivity index (χ0v) is 12.4. The minimum absolute atomic E-state index is 0.0258. The largest absolute Gasteiger partial charge is 0.352 e. The average molecular weight is 274 g/mol. The molecular weight excluding hydrogens is 248 g/mol. The first kappa shape index (κ1) is 15.0. The minimum Gasteiger partial charge on any atom is -0.352 e. The first-order valence-electron chi connectivity index (χ1n) is 7.80. The van der Waals surface area contributed by atoms with Crippen LogP contribution in [0.5, 0.6) is 0 Å². The standard InChI is InChI=1S/C17H26N2O/c1-2-13-6-8-14(9-7-13)12-19-17(20)16-5-3-4-15(10-16)11-18/h3-5,10,13-14H,2,6-9,11-12,18H2,1H3,(H,19,20). The van der Waals surface area contributed by atoms with Gasteiger partial charge in [-0.25, -0.2) is 0 Å². The number of nitrogens with one attached hydrogen (secondary N) is 1. The van der Waals surface area contributed by atoms with Gasteiger partial charge in [-0.3, -0.25) is 4.79 Å². The lowest BCUT2D eigenvalue weighted by molar-refractivity contribution is 0.0941. The summed E-state index contributed by atoms with van der Waals surface area (Å²) in [4.78, 5) is 12.1. The highest BCUT2D eigenvalue weighted by Crippen LogP contribution is 2.30. The molecule has 2 rings (SSSR count). The zero-order valence-electron chi connectivity index (χ0n) is 12.4. The van der Waals surface area contributed by atoms with Gasteiger partial charge in [0.25, 0.3) is 5.91 Å². The van der Waals surface area contributed by atoms with E-state index in [0.717, 1.165) is 23.6 Å². The molecule has 0 spiro atoms. The lowest BCUT2D eigenvalue weighted by atomic mass is 9.81. The Morgan fingerprint density at radius 2 is 1.95 bits per heavy atom. The van der Waals surface area contributed by atoms with E-state index in [2.05, 4.69) is 12.2 Å². The van der Waals surface area contributed by atoms with Crippen molar-refractivity contribution in [3.8, 4) is 0 Å². The smallest absolute Gasteiger partial charge is 0.251 e. The van der Waals surface area contributed by atoms with Gasteiger partial charge in [-0.15, -0.1) is 0 Å². The minimum atomic E-state index is 0.0258. The van der Waals surface area contributed by atoms with Crippen molar-refractivity contribution >= 4 is 5.91 Å². The van der Waals surface area contributed by atoms with E-state index in [-0.39, 0.29) is 5.91 Å². The molecule has 1 amide bonds. The van der Waals surface area contributed by atoms with Crippen LogP contribution < -0.4 is 11.1 Å².